The first kappa shape index (κ1) is 10.5. The van der Waals surface area contributed by atoms with Gasteiger partial charge in [0.15, 0.2) is 0 Å². The SMILES string of the molecule is Cc1ccc(C(C)CN)c(Cl)c1F. The molecule has 1 aromatic carbocycles. The fraction of sp³-hybridized carbons (Fsp3) is 0.400. The summed E-state index contributed by atoms with van der Waals surface area (Å²) in [5.74, 6) is -0.234. The monoisotopic (exact) mass is 201 g/mol. The van der Waals surface area contributed by atoms with Crippen LogP contribution in [0.1, 0.15) is 24.0 Å². The molecule has 0 saturated heterocycles. The van der Waals surface area contributed by atoms with Crippen LogP contribution in [0.25, 0.3) is 0 Å². The lowest BCUT2D eigenvalue weighted by molar-refractivity contribution is 0.613. The Hall–Kier alpha value is -0.600. The van der Waals surface area contributed by atoms with Gasteiger partial charge in [0.2, 0.25) is 0 Å². The average molecular weight is 202 g/mol. The molecular weight excluding hydrogens is 189 g/mol. The van der Waals surface area contributed by atoms with Crippen molar-refractivity contribution < 1.29 is 4.39 Å². The topological polar surface area (TPSA) is 26.0 Å². The van der Waals surface area contributed by atoms with E-state index in [9.17, 15) is 4.39 Å². The summed E-state index contributed by atoms with van der Waals surface area (Å²) < 4.78 is 13.3. The van der Waals surface area contributed by atoms with Crippen LogP contribution < -0.4 is 5.73 Å². The van der Waals surface area contributed by atoms with Crippen molar-refractivity contribution in [2.45, 2.75) is 19.8 Å². The van der Waals surface area contributed by atoms with Crippen LogP contribution in [-0.4, -0.2) is 6.54 Å². The molecule has 0 fully saturated rings. The minimum atomic E-state index is -0.334. The second kappa shape index (κ2) is 4.07. The summed E-state index contributed by atoms with van der Waals surface area (Å²) in [7, 11) is 0. The highest BCUT2D eigenvalue weighted by atomic mass is 35.5. The molecule has 1 aromatic rings. The number of benzene rings is 1. The summed E-state index contributed by atoms with van der Waals surface area (Å²) in [6, 6.07) is 3.56. The molecule has 0 aliphatic heterocycles. The van der Waals surface area contributed by atoms with Crippen molar-refractivity contribution in [1.82, 2.24) is 0 Å². The van der Waals surface area contributed by atoms with Gasteiger partial charge >= 0.3 is 0 Å². The van der Waals surface area contributed by atoms with Crippen molar-refractivity contribution in [3.05, 3.63) is 34.1 Å². The van der Waals surface area contributed by atoms with Gasteiger partial charge in [-0.3, -0.25) is 0 Å². The Labute approximate surface area is 82.7 Å². The lowest BCUT2D eigenvalue weighted by Crippen LogP contribution is -2.10. The number of aryl methyl sites for hydroxylation is 1. The lowest BCUT2D eigenvalue weighted by atomic mass is 10.00. The number of hydrogen-bond acceptors (Lipinski definition) is 1. The van der Waals surface area contributed by atoms with E-state index in [1.165, 1.54) is 0 Å². The summed E-state index contributed by atoms with van der Waals surface area (Å²) in [6.45, 7) is 4.09. The number of halogens is 2. The van der Waals surface area contributed by atoms with Crippen LogP contribution in [0.4, 0.5) is 4.39 Å². The molecule has 0 saturated carbocycles. The molecular formula is C10H13ClFN. The van der Waals surface area contributed by atoms with Gasteiger partial charge in [-0.1, -0.05) is 30.7 Å². The van der Waals surface area contributed by atoms with E-state index in [4.69, 9.17) is 17.3 Å². The third-order valence-electron chi connectivity index (χ3n) is 2.19. The van der Waals surface area contributed by atoms with E-state index in [-0.39, 0.29) is 16.8 Å². The standard InChI is InChI=1S/C10H13ClFN/c1-6-3-4-8(7(2)5-13)9(11)10(6)12/h3-4,7H,5,13H2,1-2H3. The maximum Gasteiger partial charge on any atom is 0.144 e. The van der Waals surface area contributed by atoms with Crippen molar-refractivity contribution >= 4 is 11.6 Å². The first-order chi connectivity index (χ1) is 6.07. The highest BCUT2D eigenvalue weighted by molar-refractivity contribution is 6.31. The van der Waals surface area contributed by atoms with Crippen LogP contribution in [0.5, 0.6) is 0 Å². The average Bonchev–Trinajstić information content (AvgIpc) is 2.13. The van der Waals surface area contributed by atoms with Gasteiger partial charge in [-0.2, -0.15) is 0 Å². The second-order valence-corrected chi connectivity index (χ2v) is 3.61. The molecule has 2 N–H and O–H groups in total. The number of rotatable bonds is 2. The van der Waals surface area contributed by atoms with E-state index in [2.05, 4.69) is 0 Å². The Morgan fingerprint density at radius 2 is 2.15 bits per heavy atom. The zero-order chi connectivity index (χ0) is 10.0. The van der Waals surface area contributed by atoms with Gasteiger partial charge in [-0.05, 0) is 30.5 Å². The predicted octanol–water partition coefficient (Wildman–Crippen LogP) is 2.85. The largest absolute Gasteiger partial charge is 0.330 e. The third kappa shape index (κ3) is 2.01. The highest BCUT2D eigenvalue weighted by Crippen LogP contribution is 2.28. The molecule has 0 radical (unpaired) electrons. The van der Waals surface area contributed by atoms with E-state index in [0.29, 0.717) is 12.1 Å². The van der Waals surface area contributed by atoms with E-state index in [1.54, 1.807) is 13.0 Å². The van der Waals surface area contributed by atoms with Gasteiger partial charge in [0.05, 0.1) is 5.02 Å². The van der Waals surface area contributed by atoms with Gasteiger partial charge in [-0.25, -0.2) is 4.39 Å². The Bertz CT molecular complexity index is 312. The van der Waals surface area contributed by atoms with Crippen molar-refractivity contribution in [2.24, 2.45) is 5.73 Å². The molecule has 1 unspecified atom stereocenters. The zero-order valence-corrected chi connectivity index (χ0v) is 8.53. The maximum absolute atomic E-state index is 13.3. The summed E-state index contributed by atoms with van der Waals surface area (Å²) in [4.78, 5) is 0. The van der Waals surface area contributed by atoms with Crippen LogP contribution in [0.2, 0.25) is 5.02 Å². The first-order valence-electron chi connectivity index (χ1n) is 4.22. The predicted molar refractivity (Wildman–Crippen MR) is 53.6 cm³/mol. The molecule has 0 spiro atoms. The summed E-state index contributed by atoms with van der Waals surface area (Å²) >= 11 is 5.84. The number of nitrogens with two attached hydrogens (primary N) is 1. The minimum Gasteiger partial charge on any atom is -0.330 e. The molecule has 0 aliphatic carbocycles. The molecule has 0 bridgehead atoms. The van der Waals surface area contributed by atoms with Crippen LogP contribution in [0.15, 0.2) is 12.1 Å². The van der Waals surface area contributed by atoms with Gasteiger partial charge in [-0.15, -0.1) is 0 Å². The first-order valence-corrected chi connectivity index (χ1v) is 4.60. The van der Waals surface area contributed by atoms with E-state index in [1.807, 2.05) is 13.0 Å². The van der Waals surface area contributed by atoms with Gasteiger partial charge in [0, 0.05) is 0 Å². The minimum absolute atomic E-state index is 0.0996. The lowest BCUT2D eigenvalue weighted by Gasteiger charge is -2.12. The molecule has 1 rings (SSSR count). The van der Waals surface area contributed by atoms with Crippen molar-refractivity contribution in [1.29, 1.82) is 0 Å². The van der Waals surface area contributed by atoms with Crippen molar-refractivity contribution in [3.63, 3.8) is 0 Å². The Morgan fingerprint density at radius 1 is 1.54 bits per heavy atom. The van der Waals surface area contributed by atoms with E-state index >= 15 is 0 Å². The van der Waals surface area contributed by atoms with Crippen LogP contribution in [0, 0.1) is 12.7 Å². The smallest absolute Gasteiger partial charge is 0.144 e. The summed E-state index contributed by atoms with van der Waals surface area (Å²) in [5, 5.41) is 0.206. The second-order valence-electron chi connectivity index (χ2n) is 3.24. The van der Waals surface area contributed by atoms with Crippen LogP contribution in [0.3, 0.4) is 0 Å². The third-order valence-corrected chi connectivity index (χ3v) is 2.57. The van der Waals surface area contributed by atoms with Crippen molar-refractivity contribution in [3.8, 4) is 0 Å². The summed E-state index contributed by atoms with van der Waals surface area (Å²) in [6.07, 6.45) is 0. The van der Waals surface area contributed by atoms with Crippen LogP contribution >= 0.6 is 11.6 Å². The molecule has 1 atom stereocenters. The molecule has 3 heteroatoms. The van der Waals surface area contributed by atoms with Gasteiger partial charge < -0.3 is 5.73 Å². The normalized spacial score (nSPS) is 13.0. The van der Waals surface area contributed by atoms with Crippen LogP contribution in [-0.2, 0) is 0 Å². The fourth-order valence-electron chi connectivity index (χ4n) is 1.17. The Morgan fingerprint density at radius 3 is 2.69 bits per heavy atom. The van der Waals surface area contributed by atoms with Crippen molar-refractivity contribution in [2.75, 3.05) is 6.54 Å². The molecule has 13 heavy (non-hydrogen) atoms. The van der Waals surface area contributed by atoms with Gasteiger partial charge in [0.25, 0.3) is 0 Å². The molecule has 1 nitrogen and oxygen atoms in total. The Balaban J connectivity index is 3.18. The number of hydrogen-bond donors (Lipinski definition) is 1. The summed E-state index contributed by atoms with van der Waals surface area (Å²) in [5.41, 5.74) is 6.83. The van der Waals surface area contributed by atoms with E-state index in [0.717, 1.165) is 5.56 Å². The molecule has 0 aliphatic rings. The molecule has 0 aromatic heterocycles. The fourth-order valence-corrected chi connectivity index (χ4v) is 1.57. The quantitative estimate of drug-likeness (QED) is 0.783. The molecule has 72 valence electrons. The van der Waals surface area contributed by atoms with Gasteiger partial charge in [0.1, 0.15) is 5.82 Å². The maximum atomic E-state index is 13.3. The highest BCUT2D eigenvalue weighted by Gasteiger charge is 2.12. The van der Waals surface area contributed by atoms with E-state index < -0.39 is 0 Å². The molecule has 0 amide bonds. The Kier molecular flexibility index (Phi) is 3.28. The molecule has 0 heterocycles. The zero-order valence-electron chi connectivity index (χ0n) is 7.77.